The summed E-state index contributed by atoms with van der Waals surface area (Å²) < 4.78 is 22.5. The molecule has 0 saturated carbocycles. The van der Waals surface area contributed by atoms with Crippen LogP contribution in [0.4, 0.5) is 23.3 Å². The minimum absolute atomic E-state index is 0.00865. The van der Waals surface area contributed by atoms with E-state index in [0.29, 0.717) is 16.6 Å². The van der Waals surface area contributed by atoms with Crippen LogP contribution in [0.5, 0.6) is 0 Å². The summed E-state index contributed by atoms with van der Waals surface area (Å²) in [4.78, 5) is 32.3. The minimum atomic E-state index is -3.70. The number of nitrogen functional groups attached to an aromatic ring is 2. The molecule has 0 atom stereocenters. The summed E-state index contributed by atoms with van der Waals surface area (Å²) in [5.74, 6) is 5.22. The van der Waals surface area contributed by atoms with Crippen LogP contribution in [0.2, 0.25) is 0 Å². The first-order valence-electron chi connectivity index (χ1n) is 8.01. The third-order valence-electron chi connectivity index (χ3n) is 3.75. The van der Waals surface area contributed by atoms with Crippen molar-refractivity contribution in [2.24, 2.45) is 5.84 Å². The summed E-state index contributed by atoms with van der Waals surface area (Å²) in [6, 6.07) is 6.33. The third-order valence-corrected chi connectivity index (χ3v) is 4.27. The average molecular weight is 418 g/mol. The van der Waals surface area contributed by atoms with Gasteiger partial charge < -0.3 is 16.4 Å². The molecule has 0 fully saturated rings. The maximum Gasteiger partial charge on any atom is 0.283 e. The molecule has 0 aliphatic heterocycles. The van der Waals surface area contributed by atoms with Gasteiger partial charge in [-0.3, -0.25) is 4.79 Å². The first-order valence-corrected chi connectivity index (χ1v) is 9.90. The molecule has 0 aliphatic carbocycles. The number of carbonyl (C=O) groups is 1. The van der Waals surface area contributed by atoms with E-state index >= 15 is 0 Å². The number of sulfonamides is 1. The Morgan fingerprint density at radius 2 is 1.90 bits per heavy atom. The molecule has 7 N–H and O–H groups in total. The van der Waals surface area contributed by atoms with Gasteiger partial charge in [0.05, 0.1) is 12.5 Å². The van der Waals surface area contributed by atoms with E-state index in [1.54, 1.807) is 24.1 Å². The number of nitrogens with two attached hydrogens (primary N) is 3. The average Bonchev–Trinajstić information content (AvgIpc) is 2.65. The largest absolute Gasteiger partial charge is 0.382 e. The first-order chi connectivity index (χ1) is 13.5. The molecule has 2 aromatic heterocycles. The fourth-order valence-electron chi connectivity index (χ4n) is 2.44. The zero-order valence-electron chi connectivity index (χ0n) is 15.4. The van der Waals surface area contributed by atoms with Crippen molar-refractivity contribution in [1.82, 2.24) is 29.9 Å². The summed E-state index contributed by atoms with van der Waals surface area (Å²) in [6.45, 7) is 0. The topological polar surface area (TPSA) is 199 Å². The van der Waals surface area contributed by atoms with Crippen LogP contribution in [0.25, 0.3) is 11.2 Å². The number of carbonyl (C=O) groups excluding carboxylic acids is 1. The number of hydrogen-bond acceptors (Lipinski definition) is 11. The highest BCUT2D eigenvalue weighted by molar-refractivity contribution is 7.88. The monoisotopic (exact) mass is 418 g/mol. The van der Waals surface area contributed by atoms with Crippen LogP contribution in [0.15, 0.2) is 30.5 Å². The summed E-state index contributed by atoms with van der Waals surface area (Å²) in [5, 5.41) is 0.396. The molecule has 0 saturated heterocycles. The molecular formula is C15H18N10O3S. The van der Waals surface area contributed by atoms with Crippen LogP contribution >= 0.6 is 0 Å². The normalized spacial score (nSPS) is 11.4. The second-order valence-electron chi connectivity index (χ2n) is 6.02. The molecule has 3 aromatic rings. The summed E-state index contributed by atoms with van der Waals surface area (Å²) in [5.41, 5.74) is 12.6. The lowest BCUT2D eigenvalue weighted by Gasteiger charge is -2.20. The van der Waals surface area contributed by atoms with E-state index in [4.69, 9.17) is 17.3 Å². The van der Waals surface area contributed by atoms with Gasteiger partial charge in [-0.15, -0.1) is 4.83 Å². The van der Waals surface area contributed by atoms with E-state index in [-0.39, 0.29) is 28.5 Å². The second-order valence-corrected chi connectivity index (χ2v) is 7.74. The van der Waals surface area contributed by atoms with Crippen molar-refractivity contribution in [3.8, 4) is 0 Å². The fourth-order valence-corrected chi connectivity index (χ4v) is 2.88. The van der Waals surface area contributed by atoms with E-state index in [1.807, 2.05) is 4.83 Å². The predicted molar refractivity (Wildman–Crippen MR) is 107 cm³/mol. The Morgan fingerprint density at radius 3 is 2.59 bits per heavy atom. The van der Waals surface area contributed by atoms with Gasteiger partial charge in [0.1, 0.15) is 0 Å². The number of hydrogen-bond donors (Lipinski definition) is 4. The van der Waals surface area contributed by atoms with Crippen molar-refractivity contribution in [2.75, 3.05) is 29.7 Å². The Kier molecular flexibility index (Phi) is 5.15. The van der Waals surface area contributed by atoms with Crippen LogP contribution in [0, 0.1) is 0 Å². The number of amides is 1. The highest BCUT2D eigenvalue weighted by atomic mass is 32.2. The lowest BCUT2D eigenvalue weighted by atomic mass is 10.2. The Balaban J connectivity index is 1.92. The number of hydrazine groups is 2. The van der Waals surface area contributed by atoms with E-state index < -0.39 is 15.9 Å². The number of nitrogens with zero attached hydrogens (tertiary/aromatic N) is 6. The molecule has 14 heteroatoms. The molecular weight excluding hydrogens is 400 g/mol. The number of benzene rings is 1. The molecule has 152 valence electrons. The zero-order valence-corrected chi connectivity index (χ0v) is 16.3. The van der Waals surface area contributed by atoms with Gasteiger partial charge in [0.2, 0.25) is 16.0 Å². The SMILES string of the molecule is CN(c1cccc(C(=O)N(N)NS(C)(=O)=O)c1)c1cnc2nc(N)nc(N)c2n1. The molecule has 0 bridgehead atoms. The van der Waals surface area contributed by atoms with Gasteiger partial charge in [0, 0.05) is 18.3 Å². The number of nitrogens with one attached hydrogen (secondary N) is 1. The lowest BCUT2D eigenvalue weighted by Crippen LogP contribution is -2.50. The summed E-state index contributed by atoms with van der Waals surface area (Å²) in [6.07, 6.45) is 2.34. The highest BCUT2D eigenvalue weighted by Crippen LogP contribution is 2.25. The summed E-state index contributed by atoms with van der Waals surface area (Å²) >= 11 is 0. The minimum Gasteiger partial charge on any atom is -0.382 e. The molecule has 0 unspecified atom stereocenters. The Hall–Kier alpha value is -3.62. The van der Waals surface area contributed by atoms with Crippen LogP contribution in [0.3, 0.4) is 0 Å². The molecule has 1 aromatic carbocycles. The van der Waals surface area contributed by atoms with Gasteiger partial charge in [-0.25, -0.2) is 24.2 Å². The van der Waals surface area contributed by atoms with Crippen molar-refractivity contribution in [1.29, 1.82) is 0 Å². The van der Waals surface area contributed by atoms with Crippen LogP contribution in [-0.4, -0.2) is 52.7 Å². The standard InChI is InChI=1S/C15H18N10O3S/c1-24(10-7-19-13-11(20-10)12(16)21-15(17)22-13)9-5-3-4-8(6-9)14(26)25(18)23-29(2,27)28/h3-7,23H,18H2,1-2H3,(H4,16,17,19,21,22). The Labute approximate surface area is 165 Å². The maximum atomic E-state index is 12.4. The molecule has 2 heterocycles. The van der Waals surface area contributed by atoms with Gasteiger partial charge in [-0.2, -0.15) is 15.1 Å². The smallest absolute Gasteiger partial charge is 0.283 e. The Bertz CT molecular complexity index is 1200. The molecule has 1 amide bonds. The van der Waals surface area contributed by atoms with E-state index in [0.717, 1.165) is 6.26 Å². The van der Waals surface area contributed by atoms with E-state index in [1.165, 1.54) is 18.3 Å². The molecule has 0 radical (unpaired) electrons. The van der Waals surface area contributed by atoms with Crippen molar-refractivity contribution in [3.63, 3.8) is 0 Å². The van der Waals surface area contributed by atoms with Crippen molar-refractivity contribution < 1.29 is 13.2 Å². The van der Waals surface area contributed by atoms with Crippen LogP contribution in [-0.2, 0) is 10.0 Å². The zero-order chi connectivity index (χ0) is 21.3. The first kappa shape index (κ1) is 20.1. The Morgan fingerprint density at radius 1 is 1.17 bits per heavy atom. The lowest BCUT2D eigenvalue weighted by molar-refractivity contribution is 0.0718. The fraction of sp³-hybridized carbons (Fsp3) is 0.133. The van der Waals surface area contributed by atoms with Gasteiger partial charge in [0.25, 0.3) is 5.91 Å². The molecule has 0 aliphatic rings. The third kappa shape index (κ3) is 4.45. The summed E-state index contributed by atoms with van der Waals surface area (Å²) in [7, 11) is -2.01. The maximum absolute atomic E-state index is 12.4. The second kappa shape index (κ2) is 7.42. The number of aromatic nitrogens is 4. The molecule has 29 heavy (non-hydrogen) atoms. The van der Waals surface area contributed by atoms with Gasteiger partial charge in [0.15, 0.2) is 22.8 Å². The van der Waals surface area contributed by atoms with Crippen molar-refractivity contribution >= 4 is 50.4 Å². The number of anilines is 4. The molecule has 13 nitrogen and oxygen atoms in total. The highest BCUT2D eigenvalue weighted by Gasteiger charge is 2.18. The van der Waals surface area contributed by atoms with E-state index in [9.17, 15) is 13.2 Å². The predicted octanol–water partition coefficient (Wildman–Crippen LogP) is -0.868. The van der Waals surface area contributed by atoms with Gasteiger partial charge >= 0.3 is 0 Å². The quantitative estimate of drug-likeness (QED) is 0.228. The molecule has 3 rings (SSSR count). The van der Waals surface area contributed by atoms with Crippen LogP contribution in [0.1, 0.15) is 10.4 Å². The number of rotatable bonds is 5. The van der Waals surface area contributed by atoms with Gasteiger partial charge in [-0.1, -0.05) is 6.07 Å². The molecule has 0 spiro atoms. The van der Waals surface area contributed by atoms with E-state index in [2.05, 4.69) is 19.9 Å². The van der Waals surface area contributed by atoms with Crippen molar-refractivity contribution in [2.45, 2.75) is 0 Å². The van der Waals surface area contributed by atoms with Crippen LogP contribution < -0.4 is 27.0 Å². The van der Waals surface area contributed by atoms with Crippen molar-refractivity contribution in [3.05, 3.63) is 36.0 Å². The van der Waals surface area contributed by atoms with Gasteiger partial charge in [-0.05, 0) is 18.2 Å². The number of fused-ring (bicyclic) bond motifs is 1.